The zero-order valence-corrected chi connectivity index (χ0v) is 18.2. The molecule has 0 aliphatic carbocycles. The predicted octanol–water partition coefficient (Wildman–Crippen LogP) is 4.40. The molecule has 1 unspecified atom stereocenters. The van der Waals surface area contributed by atoms with Gasteiger partial charge in [0.1, 0.15) is 23.3 Å². The van der Waals surface area contributed by atoms with Crippen LogP contribution in [0.15, 0.2) is 68.8 Å². The number of methoxy groups -OCH3 is 2. The lowest BCUT2D eigenvalue weighted by Crippen LogP contribution is -2.13. The van der Waals surface area contributed by atoms with E-state index in [1.54, 1.807) is 34.3 Å². The first kappa shape index (κ1) is 23.6. The van der Waals surface area contributed by atoms with Crippen molar-refractivity contribution in [2.75, 3.05) is 20.8 Å². The quantitative estimate of drug-likeness (QED) is 0.255. The molecule has 0 heterocycles. The molecule has 31 heavy (non-hydrogen) atoms. The Morgan fingerprint density at radius 1 is 0.903 bits per heavy atom. The van der Waals surface area contributed by atoms with E-state index in [9.17, 15) is 10.4 Å². The van der Waals surface area contributed by atoms with Gasteiger partial charge in [-0.1, -0.05) is 22.4 Å². The summed E-state index contributed by atoms with van der Waals surface area (Å²) in [5.74, 6) is 1.48. The van der Waals surface area contributed by atoms with E-state index in [4.69, 9.17) is 9.47 Å². The Kier molecular flexibility index (Phi) is 9.22. The first-order valence-electron chi connectivity index (χ1n) is 9.76. The molecule has 8 nitrogen and oxygen atoms in total. The number of rotatable bonds is 10. The molecule has 2 aromatic carbocycles. The van der Waals surface area contributed by atoms with E-state index in [1.807, 2.05) is 48.5 Å². The van der Waals surface area contributed by atoms with Crippen LogP contribution in [0.2, 0.25) is 0 Å². The molecular formula is C23H28N4O4. The summed E-state index contributed by atoms with van der Waals surface area (Å²) in [6.07, 6.45) is 2.31. The Morgan fingerprint density at radius 3 is 2.00 bits per heavy atom. The van der Waals surface area contributed by atoms with Crippen LogP contribution in [0, 0.1) is 0 Å². The van der Waals surface area contributed by atoms with Crippen LogP contribution >= 0.6 is 0 Å². The van der Waals surface area contributed by atoms with Crippen LogP contribution < -0.4 is 9.47 Å². The van der Waals surface area contributed by atoms with E-state index in [0.717, 1.165) is 22.6 Å². The molecular weight excluding hydrogens is 396 g/mol. The van der Waals surface area contributed by atoms with Crippen molar-refractivity contribution < 1.29 is 19.9 Å². The molecule has 0 bridgehead atoms. The van der Waals surface area contributed by atoms with Crippen molar-refractivity contribution in [2.24, 2.45) is 20.3 Å². The van der Waals surface area contributed by atoms with E-state index in [-0.39, 0.29) is 0 Å². The van der Waals surface area contributed by atoms with Gasteiger partial charge in [-0.05, 0) is 55.8 Å². The number of ether oxygens (including phenoxy) is 2. The molecule has 0 fully saturated rings. The molecule has 0 amide bonds. The van der Waals surface area contributed by atoms with Crippen LogP contribution in [0.3, 0.4) is 0 Å². The fourth-order valence-electron chi connectivity index (χ4n) is 2.90. The van der Waals surface area contributed by atoms with Gasteiger partial charge >= 0.3 is 0 Å². The van der Waals surface area contributed by atoms with E-state index < -0.39 is 6.04 Å². The van der Waals surface area contributed by atoms with Crippen LogP contribution in [0.25, 0.3) is 0 Å². The number of benzene rings is 2. The maximum atomic E-state index is 9.22. The van der Waals surface area contributed by atoms with Gasteiger partial charge < -0.3 is 19.9 Å². The summed E-state index contributed by atoms with van der Waals surface area (Å²) in [5.41, 5.74) is 3.21. The third-order valence-electron chi connectivity index (χ3n) is 4.62. The van der Waals surface area contributed by atoms with Crippen molar-refractivity contribution in [1.29, 1.82) is 0 Å². The smallest absolute Gasteiger partial charge is 0.118 e. The standard InChI is InChI=1S/C23H28N4O4/c1-16(26-28)22(18-6-10-20(30-3)11-7-18)24-14-5-15-25-23(17(2)27-29)19-8-12-21(31-4)13-9-19/h6-14,22,28-29H,5,15H2,1-4H3/b24-14?,25-23?,26-16+,27-17+. The van der Waals surface area contributed by atoms with E-state index in [0.29, 0.717) is 30.1 Å². The fourth-order valence-corrected chi connectivity index (χ4v) is 2.90. The largest absolute Gasteiger partial charge is 0.497 e. The number of aliphatic imine (C=N–C) groups is 2. The highest BCUT2D eigenvalue weighted by atomic mass is 16.5. The first-order valence-corrected chi connectivity index (χ1v) is 9.76. The number of hydrogen-bond acceptors (Lipinski definition) is 8. The van der Waals surface area contributed by atoms with Gasteiger partial charge in [0.2, 0.25) is 0 Å². The zero-order chi connectivity index (χ0) is 22.6. The van der Waals surface area contributed by atoms with Gasteiger partial charge in [-0.2, -0.15) is 0 Å². The average molecular weight is 425 g/mol. The van der Waals surface area contributed by atoms with Gasteiger partial charge in [0.15, 0.2) is 0 Å². The van der Waals surface area contributed by atoms with Gasteiger partial charge in [0.25, 0.3) is 0 Å². The van der Waals surface area contributed by atoms with Crippen molar-refractivity contribution in [3.63, 3.8) is 0 Å². The number of hydrogen-bond donors (Lipinski definition) is 2. The van der Waals surface area contributed by atoms with E-state index in [2.05, 4.69) is 20.3 Å². The summed E-state index contributed by atoms with van der Waals surface area (Å²) in [6.45, 7) is 3.85. The summed E-state index contributed by atoms with van der Waals surface area (Å²) in [5, 5.41) is 25.0. The van der Waals surface area contributed by atoms with Crippen molar-refractivity contribution in [3.8, 4) is 11.5 Å². The molecule has 0 saturated carbocycles. The molecule has 0 aliphatic heterocycles. The second-order valence-electron chi connectivity index (χ2n) is 6.68. The van der Waals surface area contributed by atoms with Crippen molar-refractivity contribution in [2.45, 2.75) is 26.3 Å². The molecule has 0 saturated heterocycles. The minimum absolute atomic E-state index is 0.401. The van der Waals surface area contributed by atoms with Crippen LogP contribution in [0.5, 0.6) is 11.5 Å². The molecule has 164 valence electrons. The highest BCUT2D eigenvalue weighted by molar-refractivity contribution is 6.47. The topological polar surface area (TPSA) is 108 Å². The maximum absolute atomic E-state index is 9.22. The van der Waals surface area contributed by atoms with Crippen LogP contribution in [-0.2, 0) is 0 Å². The highest BCUT2D eigenvalue weighted by Gasteiger charge is 2.14. The third kappa shape index (κ3) is 6.67. The Labute approximate surface area is 182 Å². The number of nitrogens with zero attached hydrogens (tertiary/aromatic N) is 4. The number of oxime groups is 2. The molecule has 8 heteroatoms. The Balaban J connectivity index is 2.12. The molecule has 0 spiro atoms. The lowest BCUT2D eigenvalue weighted by atomic mass is 10.0. The maximum Gasteiger partial charge on any atom is 0.118 e. The fraction of sp³-hybridized carbons (Fsp3) is 0.304. The van der Waals surface area contributed by atoms with Gasteiger partial charge in [0, 0.05) is 24.7 Å². The van der Waals surface area contributed by atoms with Gasteiger partial charge in [0.05, 0.1) is 25.6 Å². The third-order valence-corrected chi connectivity index (χ3v) is 4.62. The van der Waals surface area contributed by atoms with Crippen LogP contribution in [0.4, 0.5) is 0 Å². The van der Waals surface area contributed by atoms with E-state index in [1.165, 1.54) is 0 Å². The van der Waals surface area contributed by atoms with Crippen LogP contribution in [-0.4, -0.2) is 54.5 Å². The second kappa shape index (κ2) is 12.1. The van der Waals surface area contributed by atoms with Gasteiger partial charge in [-0.3, -0.25) is 9.98 Å². The van der Waals surface area contributed by atoms with Crippen LogP contribution in [0.1, 0.15) is 37.4 Å². The van der Waals surface area contributed by atoms with Gasteiger partial charge in [-0.15, -0.1) is 0 Å². The Morgan fingerprint density at radius 2 is 1.48 bits per heavy atom. The summed E-state index contributed by atoms with van der Waals surface area (Å²) in [6, 6.07) is 14.4. The second-order valence-corrected chi connectivity index (χ2v) is 6.68. The van der Waals surface area contributed by atoms with Crippen molar-refractivity contribution >= 4 is 23.3 Å². The summed E-state index contributed by atoms with van der Waals surface area (Å²) in [7, 11) is 3.21. The molecule has 0 aliphatic rings. The Hall–Kier alpha value is -3.68. The summed E-state index contributed by atoms with van der Waals surface area (Å²) >= 11 is 0. The van der Waals surface area contributed by atoms with E-state index >= 15 is 0 Å². The molecule has 0 aromatic heterocycles. The molecule has 0 radical (unpaired) electrons. The summed E-state index contributed by atoms with van der Waals surface area (Å²) in [4.78, 5) is 9.13. The predicted molar refractivity (Wildman–Crippen MR) is 123 cm³/mol. The minimum atomic E-state index is -0.401. The first-order chi connectivity index (χ1) is 15.0. The molecule has 2 N–H and O–H groups in total. The van der Waals surface area contributed by atoms with Crippen molar-refractivity contribution in [1.82, 2.24) is 0 Å². The Bertz CT molecular complexity index is 949. The highest BCUT2D eigenvalue weighted by Crippen LogP contribution is 2.22. The monoisotopic (exact) mass is 424 g/mol. The van der Waals surface area contributed by atoms with Gasteiger partial charge in [-0.25, -0.2) is 0 Å². The summed E-state index contributed by atoms with van der Waals surface area (Å²) < 4.78 is 10.4. The normalized spacial score (nSPS) is 14.0. The molecule has 2 aromatic rings. The van der Waals surface area contributed by atoms with Crippen molar-refractivity contribution in [3.05, 3.63) is 59.7 Å². The lowest BCUT2D eigenvalue weighted by Gasteiger charge is -2.12. The minimum Gasteiger partial charge on any atom is -0.497 e. The molecule has 1 atom stereocenters. The average Bonchev–Trinajstić information content (AvgIpc) is 2.83. The zero-order valence-electron chi connectivity index (χ0n) is 18.2. The molecule has 2 rings (SSSR count). The SMILES string of the molecule is COc1ccc(C(=NCCC=NC(/C(C)=N/O)c2ccc(OC)cc2)/C(C)=N/O)cc1. The lowest BCUT2D eigenvalue weighted by molar-refractivity contribution is 0.316.